The second kappa shape index (κ2) is 8.50. The summed E-state index contributed by atoms with van der Waals surface area (Å²) in [5.74, 6) is 0.314. The number of benzene rings is 1. The van der Waals surface area contributed by atoms with Crippen LogP contribution in [0.15, 0.2) is 18.2 Å². The zero-order valence-electron chi connectivity index (χ0n) is 12.2. The third-order valence-electron chi connectivity index (χ3n) is 2.69. The Hall–Kier alpha value is -1.66. The van der Waals surface area contributed by atoms with Gasteiger partial charge in [-0.25, -0.2) is 0 Å². The first kappa shape index (κ1) is 16.4. The van der Waals surface area contributed by atoms with Crippen molar-refractivity contribution in [2.75, 3.05) is 20.3 Å². The van der Waals surface area contributed by atoms with E-state index in [1.165, 1.54) is 6.07 Å². The fourth-order valence-corrected chi connectivity index (χ4v) is 1.64. The lowest BCUT2D eigenvalue weighted by molar-refractivity contribution is -0.385. The van der Waals surface area contributed by atoms with Crippen LogP contribution in [-0.2, 0) is 11.3 Å². The predicted octanol–water partition coefficient (Wildman–Crippen LogP) is 2.51. The van der Waals surface area contributed by atoms with Gasteiger partial charge in [0.1, 0.15) is 0 Å². The highest BCUT2D eigenvalue weighted by molar-refractivity contribution is 5.48. The maximum absolute atomic E-state index is 11.0. The zero-order chi connectivity index (χ0) is 15.0. The Morgan fingerprint density at radius 2 is 2.10 bits per heavy atom. The first-order chi connectivity index (χ1) is 9.54. The number of methoxy groups -OCH3 is 1. The fourth-order valence-electron chi connectivity index (χ4n) is 1.64. The lowest BCUT2D eigenvalue weighted by Gasteiger charge is -2.11. The van der Waals surface area contributed by atoms with E-state index >= 15 is 0 Å². The molecule has 6 heteroatoms. The number of nitrogens with one attached hydrogen (secondary N) is 1. The minimum absolute atomic E-state index is 0.00397. The summed E-state index contributed by atoms with van der Waals surface area (Å²) in [7, 11) is 1.61. The molecule has 0 spiro atoms. The van der Waals surface area contributed by atoms with Gasteiger partial charge in [0, 0.05) is 38.8 Å². The maximum Gasteiger partial charge on any atom is 0.310 e. The summed E-state index contributed by atoms with van der Waals surface area (Å²) in [6.45, 7) is 5.73. The number of hydrogen-bond acceptors (Lipinski definition) is 5. The summed E-state index contributed by atoms with van der Waals surface area (Å²) in [4.78, 5) is 10.5. The van der Waals surface area contributed by atoms with Crippen LogP contribution < -0.4 is 10.1 Å². The molecule has 0 heterocycles. The molecule has 0 aliphatic rings. The van der Waals surface area contributed by atoms with Crippen molar-refractivity contribution in [1.29, 1.82) is 0 Å². The Balaban J connectivity index is 2.74. The van der Waals surface area contributed by atoms with Gasteiger partial charge in [-0.2, -0.15) is 0 Å². The molecule has 112 valence electrons. The Bertz CT molecular complexity index is 435. The highest BCUT2D eigenvalue weighted by atomic mass is 16.6. The average Bonchev–Trinajstić information content (AvgIpc) is 2.41. The van der Waals surface area contributed by atoms with Crippen molar-refractivity contribution >= 4 is 5.69 Å². The van der Waals surface area contributed by atoms with Crippen molar-refractivity contribution in [3.05, 3.63) is 33.9 Å². The van der Waals surface area contributed by atoms with E-state index in [0.29, 0.717) is 38.0 Å². The van der Waals surface area contributed by atoms with E-state index < -0.39 is 4.92 Å². The minimum atomic E-state index is -0.425. The summed E-state index contributed by atoms with van der Waals surface area (Å²) in [5.41, 5.74) is 0.960. The molecule has 0 saturated heterocycles. The Morgan fingerprint density at radius 1 is 1.35 bits per heavy atom. The van der Waals surface area contributed by atoms with Gasteiger partial charge in [0.2, 0.25) is 0 Å². The largest absolute Gasteiger partial charge is 0.487 e. The smallest absolute Gasteiger partial charge is 0.310 e. The van der Waals surface area contributed by atoms with Crippen LogP contribution in [-0.4, -0.2) is 31.3 Å². The third-order valence-corrected chi connectivity index (χ3v) is 2.69. The van der Waals surface area contributed by atoms with Crippen molar-refractivity contribution in [3.8, 4) is 5.75 Å². The number of hydrogen-bond donors (Lipinski definition) is 1. The van der Waals surface area contributed by atoms with Crippen molar-refractivity contribution in [1.82, 2.24) is 5.32 Å². The van der Waals surface area contributed by atoms with Gasteiger partial charge in [0.05, 0.1) is 11.5 Å². The molecule has 0 aliphatic heterocycles. The molecule has 0 aromatic heterocycles. The molecule has 1 aromatic carbocycles. The molecule has 1 rings (SSSR count). The Kier molecular flexibility index (Phi) is 6.97. The lowest BCUT2D eigenvalue weighted by atomic mass is 10.2. The summed E-state index contributed by atoms with van der Waals surface area (Å²) in [6, 6.07) is 5.31. The van der Waals surface area contributed by atoms with Crippen LogP contribution >= 0.6 is 0 Å². The van der Waals surface area contributed by atoms with Crippen molar-refractivity contribution < 1.29 is 14.4 Å². The highest BCUT2D eigenvalue weighted by Crippen LogP contribution is 2.28. The van der Waals surface area contributed by atoms with Crippen LogP contribution in [0.25, 0.3) is 0 Å². The summed E-state index contributed by atoms with van der Waals surface area (Å²) >= 11 is 0. The van der Waals surface area contributed by atoms with Gasteiger partial charge in [0.15, 0.2) is 5.75 Å². The molecule has 0 aliphatic carbocycles. The molecular weight excluding hydrogens is 260 g/mol. The van der Waals surface area contributed by atoms with Gasteiger partial charge >= 0.3 is 5.69 Å². The van der Waals surface area contributed by atoms with E-state index in [0.717, 1.165) is 5.56 Å². The monoisotopic (exact) mass is 282 g/mol. The van der Waals surface area contributed by atoms with Crippen LogP contribution in [0.5, 0.6) is 5.75 Å². The molecule has 0 atom stereocenters. The molecular formula is C14H22N2O4. The molecule has 1 N–H and O–H groups in total. The Morgan fingerprint density at radius 3 is 2.70 bits per heavy atom. The number of rotatable bonds is 9. The fraction of sp³-hybridized carbons (Fsp3) is 0.571. The summed E-state index contributed by atoms with van der Waals surface area (Å²) < 4.78 is 10.4. The summed E-state index contributed by atoms with van der Waals surface area (Å²) in [6.07, 6.45) is 0.697. The molecule has 1 aromatic rings. The van der Waals surface area contributed by atoms with E-state index in [4.69, 9.17) is 9.47 Å². The van der Waals surface area contributed by atoms with Crippen molar-refractivity contribution in [2.24, 2.45) is 0 Å². The van der Waals surface area contributed by atoms with Crippen LogP contribution in [0.3, 0.4) is 0 Å². The van der Waals surface area contributed by atoms with E-state index in [9.17, 15) is 10.1 Å². The first-order valence-electron chi connectivity index (χ1n) is 6.67. The molecule has 6 nitrogen and oxygen atoms in total. The molecule has 0 fully saturated rings. The molecule has 0 amide bonds. The van der Waals surface area contributed by atoms with Gasteiger partial charge in [0.25, 0.3) is 0 Å². The number of ether oxygens (including phenoxy) is 2. The first-order valence-corrected chi connectivity index (χ1v) is 6.67. The number of nitro benzene ring substituents is 1. The molecule has 0 unspecified atom stereocenters. The second-order valence-corrected chi connectivity index (χ2v) is 4.79. The van der Waals surface area contributed by atoms with Gasteiger partial charge in [-0.05, 0) is 11.6 Å². The minimum Gasteiger partial charge on any atom is -0.487 e. The van der Waals surface area contributed by atoms with Gasteiger partial charge < -0.3 is 14.8 Å². The van der Waals surface area contributed by atoms with Crippen molar-refractivity contribution in [2.45, 2.75) is 32.9 Å². The molecule has 0 bridgehead atoms. The Labute approximate surface area is 119 Å². The van der Waals surface area contributed by atoms with E-state index in [1.54, 1.807) is 19.2 Å². The van der Waals surface area contributed by atoms with Crippen LogP contribution in [0, 0.1) is 10.1 Å². The second-order valence-electron chi connectivity index (χ2n) is 4.79. The third kappa shape index (κ3) is 5.54. The highest BCUT2D eigenvalue weighted by Gasteiger charge is 2.15. The van der Waals surface area contributed by atoms with Crippen LogP contribution in [0.2, 0.25) is 0 Å². The van der Waals surface area contributed by atoms with E-state index in [2.05, 4.69) is 5.32 Å². The van der Waals surface area contributed by atoms with Gasteiger partial charge in [-0.15, -0.1) is 0 Å². The van der Waals surface area contributed by atoms with E-state index in [-0.39, 0.29) is 5.69 Å². The van der Waals surface area contributed by atoms with Crippen molar-refractivity contribution in [3.63, 3.8) is 0 Å². The number of nitro groups is 1. The molecule has 20 heavy (non-hydrogen) atoms. The van der Waals surface area contributed by atoms with Gasteiger partial charge in [-0.3, -0.25) is 10.1 Å². The molecule has 0 saturated carbocycles. The number of nitrogens with zero attached hydrogens (tertiary/aromatic N) is 1. The zero-order valence-corrected chi connectivity index (χ0v) is 12.2. The quantitative estimate of drug-likeness (QED) is 0.428. The molecule has 0 radical (unpaired) electrons. The maximum atomic E-state index is 11.0. The topological polar surface area (TPSA) is 73.6 Å². The van der Waals surface area contributed by atoms with Crippen LogP contribution in [0.4, 0.5) is 5.69 Å². The van der Waals surface area contributed by atoms with E-state index in [1.807, 2.05) is 13.8 Å². The normalized spacial score (nSPS) is 10.8. The average molecular weight is 282 g/mol. The lowest BCUT2D eigenvalue weighted by Crippen LogP contribution is -2.21. The SMILES string of the molecule is COCCCOc1cc(CNC(C)C)ccc1[N+](=O)[O-]. The summed E-state index contributed by atoms with van der Waals surface area (Å²) in [5, 5.41) is 14.2. The predicted molar refractivity (Wildman–Crippen MR) is 77.1 cm³/mol. The standard InChI is InChI=1S/C14H22N2O4/c1-11(2)15-10-12-5-6-13(16(17)18)14(9-12)20-8-4-7-19-3/h5-6,9,11,15H,4,7-8,10H2,1-3H3. The van der Waals surface area contributed by atoms with Crippen LogP contribution in [0.1, 0.15) is 25.8 Å². The van der Waals surface area contributed by atoms with Gasteiger partial charge in [-0.1, -0.05) is 19.9 Å².